The van der Waals surface area contributed by atoms with E-state index in [1.165, 1.54) is 16.5 Å². The molecule has 2 rings (SSSR count). The van der Waals surface area contributed by atoms with E-state index in [1.807, 2.05) is 6.07 Å². The average Bonchev–Trinajstić information content (AvgIpc) is 2.58. The summed E-state index contributed by atoms with van der Waals surface area (Å²) in [5, 5.41) is 1.29. The molecule has 1 heterocycles. The van der Waals surface area contributed by atoms with Crippen LogP contribution in [0.3, 0.4) is 0 Å². The minimum absolute atomic E-state index is 0.298. The quantitative estimate of drug-likeness (QED) is 0.883. The average molecular weight is 246 g/mol. The van der Waals surface area contributed by atoms with Crippen molar-refractivity contribution >= 4 is 20.8 Å². The van der Waals surface area contributed by atoms with Crippen molar-refractivity contribution in [1.29, 1.82) is 0 Å². The van der Waals surface area contributed by atoms with E-state index in [4.69, 9.17) is 15.6 Å². The third kappa shape index (κ3) is 1.71. The summed E-state index contributed by atoms with van der Waals surface area (Å²) >= 11 is -0.298. The number of nitrogens with zero attached hydrogens (tertiary/aromatic N) is 1. The van der Waals surface area contributed by atoms with Gasteiger partial charge in [-0.15, -0.1) is 0 Å². The molecule has 1 aromatic carbocycles. The van der Waals surface area contributed by atoms with Crippen LogP contribution in [0, 0.1) is 0 Å². The van der Waals surface area contributed by atoms with Crippen molar-refractivity contribution in [3.05, 3.63) is 36.0 Å². The zero-order valence-corrected chi connectivity index (χ0v) is 9.80. The van der Waals surface area contributed by atoms with Crippen LogP contribution in [0.25, 0.3) is 10.9 Å². The zero-order valence-electron chi connectivity index (χ0n) is 7.65. The number of nitrogens with two attached hydrogens (primary N) is 1. The molecular weight excluding hydrogens is 235 g/mol. The van der Waals surface area contributed by atoms with E-state index in [-0.39, 0.29) is 15.6 Å². The van der Waals surface area contributed by atoms with Gasteiger partial charge in [0.2, 0.25) is 0 Å². The van der Waals surface area contributed by atoms with Crippen LogP contribution in [0.1, 0.15) is 5.56 Å². The van der Waals surface area contributed by atoms with Crippen LogP contribution in [0.4, 0.5) is 0 Å². The molecule has 0 spiro atoms. The second-order valence-electron chi connectivity index (χ2n) is 3.13. The predicted molar refractivity (Wildman–Crippen MR) is 55.9 cm³/mol. The van der Waals surface area contributed by atoms with Gasteiger partial charge in [0.25, 0.3) is 0 Å². The van der Waals surface area contributed by atoms with Crippen LogP contribution >= 0.6 is 9.85 Å². The molecule has 0 bridgehead atoms. The van der Waals surface area contributed by atoms with Crippen LogP contribution in [-0.2, 0) is 22.0 Å². The van der Waals surface area contributed by atoms with Crippen molar-refractivity contribution in [2.45, 2.75) is 6.42 Å². The molecule has 4 heteroatoms. The summed E-state index contributed by atoms with van der Waals surface area (Å²) in [5.41, 5.74) is 8.10. The van der Waals surface area contributed by atoms with E-state index in [0.29, 0.717) is 6.54 Å². The van der Waals surface area contributed by atoms with Gasteiger partial charge in [-0.05, 0) is 0 Å². The van der Waals surface area contributed by atoms with Crippen LogP contribution in [0.2, 0.25) is 0 Å². The van der Waals surface area contributed by atoms with E-state index in [2.05, 4.69) is 27.8 Å². The van der Waals surface area contributed by atoms with Gasteiger partial charge < -0.3 is 0 Å². The minimum atomic E-state index is -0.298. The summed E-state index contributed by atoms with van der Waals surface area (Å²) < 4.78 is 2.14. The Morgan fingerprint density at radius 2 is 2.14 bits per heavy atom. The van der Waals surface area contributed by atoms with Crippen molar-refractivity contribution in [3.8, 4) is 0 Å². The Morgan fingerprint density at radius 3 is 2.86 bits per heavy atom. The topological polar surface area (TPSA) is 30.9 Å². The maximum atomic E-state index is 5.94. The van der Waals surface area contributed by atoms with Crippen LogP contribution < -0.4 is 5.73 Å². The van der Waals surface area contributed by atoms with E-state index in [9.17, 15) is 0 Å². The first-order valence-corrected chi connectivity index (χ1v) is 7.03. The predicted octanol–water partition coefficient (Wildman–Crippen LogP) is 2.14. The van der Waals surface area contributed by atoms with Crippen LogP contribution in [-0.4, -0.2) is 9.96 Å². The molecule has 0 amide bonds. The molecule has 73 valence electrons. The number of para-hydroxylation sites is 1. The van der Waals surface area contributed by atoms with Gasteiger partial charge in [0.15, 0.2) is 0 Å². The van der Waals surface area contributed by atoms with Crippen LogP contribution in [0.5, 0.6) is 0 Å². The fraction of sp³-hybridized carbons (Fsp3) is 0.200. The maximum absolute atomic E-state index is 5.94. The van der Waals surface area contributed by atoms with Crippen molar-refractivity contribution in [3.63, 3.8) is 0 Å². The normalized spacial score (nSPS) is 10.7. The Morgan fingerprint density at radius 1 is 1.36 bits per heavy atom. The fourth-order valence-corrected chi connectivity index (χ4v) is 2.85. The Labute approximate surface area is 94.4 Å². The molecule has 2 aromatic rings. The third-order valence-electron chi connectivity index (χ3n) is 2.27. The molecule has 0 aliphatic rings. The molecule has 0 unspecified atom stereocenters. The molecule has 1 aromatic heterocycles. The number of fused-ring (bicyclic) bond motifs is 1. The molecule has 14 heavy (non-hydrogen) atoms. The first kappa shape index (κ1) is 10.1. The van der Waals surface area contributed by atoms with Gasteiger partial charge in [0, 0.05) is 0 Å². The van der Waals surface area contributed by atoms with E-state index in [1.54, 1.807) is 0 Å². The summed E-state index contributed by atoms with van der Waals surface area (Å²) in [5.74, 6) is 0. The van der Waals surface area contributed by atoms with Crippen molar-refractivity contribution in [2.24, 2.45) is 5.73 Å². The molecule has 0 saturated heterocycles. The summed E-state index contributed by atoms with van der Waals surface area (Å²) in [6.45, 7) is 0.687. The van der Waals surface area contributed by atoms with Crippen molar-refractivity contribution in [2.75, 3.05) is 6.54 Å². The number of halogens is 1. The Kier molecular flexibility index (Phi) is 3.19. The molecular formula is C10H11ClN2V. The van der Waals surface area contributed by atoms with Gasteiger partial charge in [-0.3, -0.25) is 0 Å². The number of hydrogen-bond acceptors (Lipinski definition) is 1. The van der Waals surface area contributed by atoms with Gasteiger partial charge in [0.1, 0.15) is 0 Å². The molecule has 0 aliphatic carbocycles. The van der Waals surface area contributed by atoms with Crippen LogP contribution in [0.15, 0.2) is 30.5 Å². The number of rotatable bonds is 3. The second kappa shape index (κ2) is 4.41. The first-order chi connectivity index (χ1) is 6.86. The molecule has 0 radical (unpaired) electrons. The van der Waals surface area contributed by atoms with Gasteiger partial charge in [-0.2, -0.15) is 0 Å². The summed E-state index contributed by atoms with van der Waals surface area (Å²) in [6, 6.07) is 8.33. The molecule has 0 saturated carbocycles. The van der Waals surface area contributed by atoms with E-state index >= 15 is 0 Å². The Bertz CT molecular complexity index is 439. The van der Waals surface area contributed by atoms with Gasteiger partial charge in [-0.25, -0.2) is 0 Å². The SMILES string of the molecule is NCCc1c[n]([V][Cl])c2ccccc12. The van der Waals surface area contributed by atoms with E-state index < -0.39 is 0 Å². The monoisotopic (exact) mass is 245 g/mol. The summed E-state index contributed by atoms with van der Waals surface area (Å²) in [7, 11) is 5.94. The number of benzene rings is 1. The Hall–Kier alpha value is -0.406. The molecule has 0 fully saturated rings. The van der Waals surface area contributed by atoms with Gasteiger partial charge >= 0.3 is 94.5 Å². The standard InChI is InChI=1S/C10H11N2.ClH.V/c11-6-5-8-7-12-10-4-2-1-3-9(8)10;;/h1-4,7H,5-6,11H2;1H;/q-1;;+2/p-1. The summed E-state index contributed by atoms with van der Waals surface area (Å²) in [4.78, 5) is 0. The fourth-order valence-electron chi connectivity index (χ4n) is 1.65. The number of aromatic nitrogens is 1. The van der Waals surface area contributed by atoms with Gasteiger partial charge in [0.05, 0.1) is 0 Å². The first-order valence-electron chi connectivity index (χ1n) is 4.48. The van der Waals surface area contributed by atoms with Gasteiger partial charge in [-0.1, -0.05) is 0 Å². The van der Waals surface area contributed by atoms with Crippen molar-refractivity contribution < 1.29 is 15.6 Å². The van der Waals surface area contributed by atoms with E-state index in [0.717, 1.165) is 6.42 Å². The third-order valence-corrected chi connectivity index (χ3v) is 3.71. The molecule has 2 nitrogen and oxygen atoms in total. The summed E-state index contributed by atoms with van der Waals surface area (Å²) in [6.07, 6.45) is 3.05. The van der Waals surface area contributed by atoms with Crippen molar-refractivity contribution in [1.82, 2.24) is 3.42 Å². The molecule has 2 N–H and O–H groups in total. The number of hydrogen-bond donors (Lipinski definition) is 1. The zero-order chi connectivity index (χ0) is 9.97. The molecule has 0 atom stereocenters. The Balaban J connectivity index is 2.61. The molecule has 0 aliphatic heterocycles. The second-order valence-corrected chi connectivity index (χ2v) is 4.66.